The van der Waals surface area contributed by atoms with Gasteiger partial charge in [-0.15, -0.1) is 0 Å². The van der Waals surface area contributed by atoms with Gasteiger partial charge in [0.2, 0.25) is 0 Å². The molecule has 0 amide bonds. The van der Waals surface area contributed by atoms with Crippen molar-refractivity contribution in [3.05, 3.63) is 69.8 Å². The van der Waals surface area contributed by atoms with Crippen molar-refractivity contribution in [3.8, 4) is 5.75 Å². The number of hydrogen-bond donors (Lipinski definition) is 0. The standard InChI is InChI=1S/C28H30F8N2O3S/c1-17-10-20-14-21(41-42(39,40)28(34,35)36)4-5-22(20)26(38(17)16-27(2,32)33)25-23(30)12-19(13-24(25)31)11-18-6-9-37(15-18)8-3-7-29/h4-5,11-14,17,26H,3,6-10,15-16H2,1-2H3/b18-11-/t17-,26+/m1/s1. The molecule has 14 heteroatoms. The third kappa shape index (κ3) is 7.25. The summed E-state index contributed by atoms with van der Waals surface area (Å²) in [6, 6.07) is 3.04. The first-order valence-corrected chi connectivity index (χ1v) is 14.6. The van der Waals surface area contributed by atoms with Gasteiger partial charge in [0.25, 0.3) is 5.92 Å². The first-order chi connectivity index (χ1) is 19.5. The summed E-state index contributed by atoms with van der Waals surface area (Å²) in [5.74, 6) is -5.96. The van der Waals surface area contributed by atoms with E-state index in [1.165, 1.54) is 11.8 Å². The summed E-state index contributed by atoms with van der Waals surface area (Å²) >= 11 is 0. The minimum atomic E-state index is -5.98. The summed E-state index contributed by atoms with van der Waals surface area (Å²) in [5, 5.41) is 0. The fourth-order valence-corrected chi connectivity index (χ4v) is 5.98. The Labute approximate surface area is 238 Å². The van der Waals surface area contributed by atoms with Crippen molar-refractivity contribution in [1.29, 1.82) is 0 Å². The first kappa shape index (κ1) is 32.2. The van der Waals surface area contributed by atoms with Gasteiger partial charge in [-0.2, -0.15) is 21.6 Å². The third-order valence-corrected chi connectivity index (χ3v) is 8.28. The van der Waals surface area contributed by atoms with Crippen LogP contribution < -0.4 is 4.18 Å². The third-order valence-electron chi connectivity index (χ3n) is 7.30. The van der Waals surface area contributed by atoms with Gasteiger partial charge in [0.05, 0.1) is 19.3 Å². The molecule has 2 heterocycles. The molecule has 1 saturated heterocycles. The molecule has 2 aliphatic rings. The monoisotopic (exact) mass is 626 g/mol. The van der Waals surface area contributed by atoms with Crippen LogP contribution >= 0.6 is 0 Å². The van der Waals surface area contributed by atoms with E-state index in [9.17, 15) is 34.8 Å². The molecule has 5 nitrogen and oxygen atoms in total. The highest BCUT2D eigenvalue weighted by molar-refractivity contribution is 7.88. The molecular weight excluding hydrogens is 596 g/mol. The molecule has 42 heavy (non-hydrogen) atoms. The number of nitrogens with zero attached hydrogens (tertiary/aromatic N) is 2. The summed E-state index contributed by atoms with van der Waals surface area (Å²) in [4.78, 5) is 3.24. The van der Waals surface area contributed by atoms with Crippen LogP contribution in [0.25, 0.3) is 6.08 Å². The molecule has 0 saturated carbocycles. The average Bonchev–Trinajstić information content (AvgIpc) is 3.29. The maximum absolute atomic E-state index is 15.7. The molecule has 2 aromatic carbocycles. The number of alkyl halides is 6. The predicted molar refractivity (Wildman–Crippen MR) is 140 cm³/mol. The van der Waals surface area contributed by atoms with Crippen LogP contribution in [0.1, 0.15) is 55.0 Å². The van der Waals surface area contributed by atoms with Gasteiger partial charge in [0, 0.05) is 38.2 Å². The molecule has 0 unspecified atom stereocenters. The van der Waals surface area contributed by atoms with Crippen molar-refractivity contribution in [2.75, 3.05) is 32.9 Å². The van der Waals surface area contributed by atoms with E-state index in [-0.39, 0.29) is 23.1 Å². The van der Waals surface area contributed by atoms with Gasteiger partial charge in [-0.3, -0.25) is 14.2 Å². The summed E-state index contributed by atoms with van der Waals surface area (Å²) in [7, 11) is -5.98. The number of rotatable bonds is 9. The lowest BCUT2D eigenvalue weighted by Crippen LogP contribution is -2.48. The Morgan fingerprint density at radius 3 is 2.33 bits per heavy atom. The quantitative estimate of drug-likeness (QED) is 0.178. The van der Waals surface area contributed by atoms with Gasteiger partial charge in [-0.05, 0) is 67.1 Å². The zero-order valence-electron chi connectivity index (χ0n) is 22.8. The van der Waals surface area contributed by atoms with Crippen molar-refractivity contribution in [2.45, 2.75) is 56.6 Å². The van der Waals surface area contributed by atoms with Crippen LogP contribution in [-0.2, 0) is 16.5 Å². The Morgan fingerprint density at radius 1 is 1.07 bits per heavy atom. The molecule has 0 bridgehead atoms. The van der Waals surface area contributed by atoms with Crippen LogP contribution in [0.3, 0.4) is 0 Å². The molecule has 0 N–H and O–H groups in total. The Kier molecular flexibility index (Phi) is 9.29. The van der Waals surface area contributed by atoms with Gasteiger partial charge in [0.1, 0.15) is 17.4 Å². The largest absolute Gasteiger partial charge is 0.534 e. The van der Waals surface area contributed by atoms with Crippen molar-refractivity contribution < 1.29 is 47.7 Å². The highest BCUT2D eigenvalue weighted by Gasteiger charge is 2.49. The van der Waals surface area contributed by atoms with Gasteiger partial charge in [-0.25, -0.2) is 17.6 Å². The van der Waals surface area contributed by atoms with Crippen LogP contribution in [0.2, 0.25) is 0 Å². The number of halogens is 8. The van der Waals surface area contributed by atoms with Crippen molar-refractivity contribution >= 4 is 16.2 Å². The topological polar surface area (TPSA) is 49.9 Å². The van der Waals surface area contributed by atoms with E-state index < -0.39 is 69.8 Å². The Morgan fingerprint density at radius 2 is 1.74 bits per heavy atom. The average molecular weight is 627 g/mol. The maximum Gasteiger partial charge on any atom is 0.534 e. The summed E-state index contributed by atoms with van der Waals surface area (Å²) in [5.41, 5.74) is -4.78. The molecule has 0 spiro atoms. The number of benzene rings is 2. The lowest BCUT2D eigenvalue weighted by molar-refractivity contribution is -0.0500. The van der Waals surface area contributed by atoms with Crippen LogP contribution in [0.5, 0.6) is 5.75 Å². The molecule has 0 aliphatic carbocycles. The Balaban J connectivity index is 1.73. The predicted octanol–water partition coefficient (Wildman–Crippen LogP) is 6.63. The molecular formula is C28H30F8N2O3S. The van der Waals surface area contributed by atoms with E-state index in [2.05, 4.69) is 4.18 Å². The zero-order chi connectivity index (χ0) is 31.0. The second-order valence-corrected chi connectivity index (χ2v) is 12.3. The van der Waals surface area contributed by atoms with Crippen LogP contribution in [0.15, 0.2) is 35.9 Å². The first-order valence-electron chi connectivity index (χ1n) is 13.2. The molecule has 2 aliphatic heterocycles. The van der Waals surface area contributed by atoms with E-state index in [1.807, 2.05) is 4.90 Å². The number of likely N-dealkylation sites (tertiary alicyclic amines) is 1. The maximum atomic E-state index is 15.7. The van der Waals surface area contributed by atoms with Gasteiger partial charge < -0.3 is 4.18 Å². The minimum absolute atomic E-state index is 0.0303. The van der Waals surface area contributed by atoms with Crippen molar-refractivity contribution in [1.82, 2.24) is 9.80 Å². The zero-order valence-corrected chi connectivity index (χ0v) is 23.6. The molecule has 2 aromatic rings. The number of fused-ring (bicyclic) bond motifs is 1. The molecule has 0 aromatic heterocycles. The normalized spacial score (nSPS) is 21.6. The van der Waals surface area contributed by atoms with Crippen molar-refractivity contribution in [2.24, 2.45) is 0 Å². The highest BCUT2D eigenvalue weighted by Crippen LogP contribution is 2.43. The van der Waals surface area contributed by atoms with E-state index >= 15 is 8.78 Å². The van der Waals surface area contributed by atoms with Crippen LogP contribution in [-0.4, -0.2) is 68.5 Å². The molecule has 232 valence electrons. The summed E-state index contributed by atoms with van der Waals surface area (Å²) in [6.07, 6.45) is 2.62. The molecule has 0 radical (unpaired) electrons. The fourth-order valence-electron chi connectivity index (χ4n) is 5.53. The van der Waals surface area contributed by atoms with E-state index in [0.717, 1.165) is 35.9 Å². The minimum Gasteiger partial charge on any atom is -0.376 e. The summed E-state index contributed by atoms with van der Waals surface area (Å²) in [6.45, 7) is 2.61. The lowest BCUT2D eigenvalue weighted by Gasteiger charge is -2.43. The van der Waals surface area contributed by atoms with E-state index in [0.29, 0.717) is 39.4 Å². The van der Waals surface area contributed by atoms with Crippen LogP contribution in [0, 0.1) is 11.6 Å². The Hall–Kier alpha value is -2.71. The molecule has 4 rings (SSSR count). The van der Waals surface area contributed by atoms with Crippen LogP contribution in [0.4, 0.5) is 35.1 Å². The highest BCUT2D eigenvalue weighted by atomic mass is 32.2. The number of hydrogen-bond acceptors (Lipinski definition) is 5. The summed E-state index contributed by atoms with van der Waals surface area (Å²) < 4.78 is 138. The smallest absolute Gasteiger partial charge is 0.376 e. The van der Waals surface area contributed by atoms with Gasteiger partial charge >= 0.3 is 15.6 Å². The molecule has 1 fully saturated rings. The SMILES string of the molecule is C[C@@H]1Cc2cc(OS(=O)(=O)C(F)(F)F)ccc2[C@@H](c2c(F)cc(/C=C3/CCN(CCCF)C3)cc2F)N1CC(C)(F)F. The fraction of sp³-hybridized carbons (Fsp3) is 0.500. The van der Waals surface area contributed by atoms with Crippen molar-refractivity contribution in [3.63, 3.8) is 0 Å². The van der Waals surface area contributed by atoms with E-state index in [1.54, 1.807) is 6.08 Å². The molecule has 2 atom stereocenters. The Bertz CT molecular complexity index is 1420. The second-order valence-electron chi connectivity index (χ2n) is 10.8. The van der Waals surface area contributed by atoms with E-state index in [4.69, 9.17) is 0 Å². The second kappa shape index (κ2) is 12.1. The van der Waals surface area contributed by atoms with Gasteiger partial charge in [-0.1, -0.05) is 17.7 Å². The van der Waals surface area contributed by atoms with Gasteiger partial charge in [0.15, 0.2) is 0 Å². The lowest BCUT2D eigenvalue weighted by atomic mass is 9.84.